The van der Waals surface area contributed by atoms with Gasteiger partial charge in [0.05, 0.1) is 4.47 Å². The first-order chi connectivity index (χ1) is 6.15. The molecule has 1 aromatic heterocycles. The zero-order valence-corrected chi connectivity index (χ0v) is 9.93. The molecule has 0 fully saturated rings. The van der Waals surface area contributed by atoms with Gasteiger partial charge in [-0.15, -0.1) is 0 Å². The van der Waals surface area contributed by atoms with Gasteiger partial charge in [0.25, 0.3) is 0 Å². The highest BCUT2D eigenvalue weighted by atomic mass is 79.9. The van der Waals surface area contributed by atoms with Gasteiger partial charge in [-0.1, -0.05) is 13.3 Å². The highest BCUT2D eigenvalue weighted by Gasteiger charge is 2.03. The molecule has 0 bridgehead atoms. The van der Waals surface area contributed by atoms with Gasteiger partial charge < -0.3 is 4.90 Å². The van der Waals surface area contributed by atoms with E-state index in [1.165, 1.54) is 5.56 Å². The van der Waals surface area contributed by atoms with Crippen LogP contribution in [0.2, 0.25) is 0 Å². The van der Waals surface area contributed by atoms with E-state index in [2.05, 4.69) is 33.9 Å². The van der Waals surface area contributed by atoms with Gasteiger partial charge in [0.15, 0.2) is 0 Å². The third-order valence-corrected chi connectivity index (χ3v) is 2.42. The quantitative estimate of drug-likeness (QED) is 0.811. The van der Waals surface area contributed by atoms with Crippen molar-refractivity contribution in [1.82, 2.24) is 4.98 Å². The zero-order chi connectivity index (χ0) is 9.84. The third-order valence-electron chi connectivity index (χ3n) is 1.84. The summed E-state index contributed by atoms with van der Waals surface area (Å²) in [4.78, 5) is 6.38. The Morgan fingerprint density at radius 2 is 2.15 bits per heavy atom. The van der Waals surface area contributed by atoms with Gasteiger partial charge in [-0.05, 0) is 34.0 Å². The minimum Gasteiger partial charge on any atom is -0.362 e. The van der Waals surface area contributed by atoms with Crippen molar-refractivity contribution in [3.05, 3.63) is 22.3 Å². The lowest BCUT2D eigenvalue weighted by atomic mass is 10.2. The Kier molecular flexibility index (Phi) is 3.72. The Morgan fingerprint density at radius 3 is 2.62 bits per heavy atom. The Labute approximate surface area is 88.1 Å². The fraction of sp³-hybridized carbons (Fsp3) is 0.500. The van der Waals surface area contributed by atoms with Crippen molar-refractivity contribution in [3.8, 4) is 0 Å². The summed E-state index contributed by atoms with van der Waals surface area (Å²) in [7, 11) is 3.99. The fourth-order valence-corrected chi connectivity index (χ4v) is 1.98. The van der Waals surface area contributed by atoms with Crippen molar-refractivity contribution in [1.29, 1.82) is 0 Å². The van der Waals surface area contributed by atoms with Crippen molar-refractivity contribution in [2.24, 2.45) is 0 Å². The van der Waals surface area contributed by atoms with Crippen LogP contribution in [0.25, 0.3) is 0 Å². The highest BCUT2D eigenvalue weighted by molar-refractivity contribution is 9.10. The van der Waals surface area contributed by atoms with Crippen LogP contribution < -0.4 is 4.90 Å². The summed E-state index contributed by atoms with van der Waals surface area (Å²) in [6, 6.07) is 2.14. The van der Waals surface area contributed by atoms with E-state index in [-0.39, 0.29) is 0 Å². The Morgan fingerprint density at radius 1 is 1.46 bits per heavy atom. The summed E-state index contributed by atoms with van der Waals surface area (Å²) in [6.07, 6.45) is 4.21. The SMILES string of the molecule is CCCc1cnc(N(C)C)c(Br)c1. The molecule has 0 amide bonds. The van der Waals surface area contributed by atoms with Crippen molar-refractivity contribution in [2.45, 2.75) is 19.8 Å². The fourth-order valence-electron chi connectivity index (χ4n) is 1.22. The van der Waals surface area contributed by atoms with Crippen molar-refractivity contribution < 1.29 is 0 Å². The Hall–Kier alpha value is -0.570. The lowest BCUT2D eigenvalue weighted by Crippen LogP contribution is -2.11. The predicted octanol–water partition coefficient (Wildman–Crippen LogP) is 2.86. The van der Waals surface area contributed by atoms with E-state index < -0.39 is 0 Å². The first-order valence-electron chi connectivity index (χ1n) is 4.47. The van der Waals surface area contributed by atoms with Gasteiger partial charge in [0.1, 0.15) is 5.82 Å². The summed E-state index contributed by atoms with van der Waals surface area (Å²) in [5.41, 5.74) is 1.29. The second kappa shape index (κ2) is 4.61. The van der Waals surface area contributed by atoms with Crippen molar-refractivity contribution in [3.63, 3.8) is 0 Å². The molecule has 0 aliphatic carbocycles. The molecule has 0 saturated heterocycles. The van der Waals surface area contributed by atoms with E-state index in [1.54, 1.807) is 0 Å². The molecule has 0 aliphatic rings. The number of halogens is 1. The van der Waals surface area contributed by atoms with E-state index in [0.717, 1.165) is 23.1 Å². The van der Waals surface area contributed by atoms with E-state index in [4.69, 9.17) is 0 Å². The largest absolute Gasteiger partial charge is 0.362 e. The molecule has 13 heavy (non-hydrogen) atoms. The van der Waals surface area contributed by atoms with Crippen LogP contribution in [-0.2, 0) is 6.42 Å². The van der Waals surface area contributed by atoms with E-state index >= 15 is 0 Å². The van der Waals surface area contributed by atoms with Crippen molar-refractivity contribution >= 4 is 21.7 Å². The van der Waals surface area contributed by atoms with E-state index in [0.29, 0.717) is 0 Å². The standard InChI is InChI=1S/C10H15BrN2/c1-4-5-8-6-9(11)10(12-7-8)13(2)3/h6-7H,4-5H2,1-3H3. The van der Waals surface area contributed by atoms with Crippen LogP contribution in [-0.4, -0.2) is 19.1 Å². The normalized spacial score (nSPS) is 10.2. The number of nitrogens with zero attached hydrogens (tertiary/aromatic N) is 2. The summed E-state index contributed by atoms with van der Waals surface area (Å²) < 4.78 is 1.07. The molecule has 2 nitrogen and oxygen atoms in total. The number of anilines is 1. The molecule has 1 aromatic rings. The molecule has 0 saturated carbocycles. The summed E-state index contributed by atoms with van der Waals surface area (Å²) in [6.45, 7) is 2.17. The van der Waals surface area contributed by atoms with Crippen LogP contribution in [0.5, 0.6) is 0 Å². The van der Waals surface area contributed by atoms with Gasteiger partial charge >= 0.3 is 0 Å². The number of rotatable bonds is 3. The van der Waals surface area contributed by atoms with Gasteiger partial charge in [0, 0.05) is 20.3 Å². The maximum Gasteiger partial charge on any atom is 0.142 e. The first kappa shape index (κ1) is 10.5. The molecule has 3 heteroatoms. The molecule has 0 radical (unpaired) electrons. The lowest BCUT2D eigenvalue weighted by molar-refractivity contribution is 0.908. The molecule has 1 rings (SSSR count). The number of hydrogen-bond donors (Lipinski definition) is 0. The zero-order valence-electron chi connectivity index (χ0n) is 8.34. The molecule has 72 valence electrons. The molecule has 0 unspecified atom stereocenters. The van der Waals surface area contributed by atoms with Gasteiger partial charge in [-0.25, -0.2) is 4.98 Å². The molecule has 0 N–H and O–H groups in total. The molecule has 0 aromatic carbocycles. The molecular weight excluding hydrogens is 228 g/mol. The molecule has 0 spiro atoms. The van der Waals surface area contributed by atoms with Crippen LogP contribution in [0.3, 0.4) is 0 Å². The summed E-state index contributed by atoms with van der Waals surface area (Å²) in [5, 5.41) is 0. The second-order valence-corrected chi connectivity index (χ2v) is 4.15. The topological polar surface area (TPSA) is 16.1 Å². The summed E-state index contributed by atoms with van der Waals surface area (Å²) >= 11 is 3.51. The minimum atomic E-state index is 0.986. The molecule has 0 atom stereocenters. The number of hydrogen-bond acceptors (Lipinski definition) is 2. The van der Waals surface area contributed by atoms with Crippen LogP contribution in [0.4, 0.5) is 5.82 Å². The average Bonchev–Trinajstić information content (AvgIpc) is 2.04. The first-order valence-corrected chi connectivity index (χ1v) is 5.26. The van der Waals surface area contributed by atoms with E-state index in [9.17, 15) is 0 Å². The molecule has 0 aliphatic heterocycles. The van der Waals surface area contributed by atoms with Crippen LogP contribution in [0.1, 0.15) is 18.9 Å². The maximum atomic E-state index is 4.38. The van der Waals surface area contributed by atoms with Gasteiger partial charge in [-0.2, -0.15) is 0 Å². The Balaban J connectivity index is 2.92. The number of aryl methyl sites for hydroxylation is 1. The average molecular weight is 243 g/mol. The third kappa shape index (κ3) is 2.69. The lowest BCUT2D eigenvalue weighted by Gasteiger charge is -2.13. The predicted molar refractivity (Wildman–Crippen MR) is 60.3 cm³/mol. The van der Waals surface area contributed by atoms with Gasteiger partial charge in [-0.3, -0.25) is 0 Å². The number of pyridine rings is 1. The van der Waals surface area contributed by atoms with Crippen LogP contribution >= 0.6 is 15.9 Å². The smallest absolute Gasteiger partial charge is 0.142 e. The van der Waals surface area contributed by atoms with E-state index in [1.807, 2.05) is 25.2 Å². The highest BCUT2D eigenvalue weighted by Crippen LogP contribution is 2.23. The monoisotopic (exact) mass is 242 g/mol. The van der Waals surface area contributed by atoms with Crippen molar-refractivity contribution in [2.75, 3.05) is 19.0 Å². The molecule has 1 heterocycles. The van der Waals surface area contributed by atoms with Crippen LogP contribution in [0.15, 0.2) is 16.7 Å². The maximum absolute atomic E-state index is 4.38. The minimum absolute atomic E-state index is 0.986. The van der Waals surface area contributed by atoms with Crippen LogP contribution in [0, 0.1) is 0 Å². The second-order valence-electron chi connectivity index (χ2n) is 3.29. The number of aromatic nitrogens is 1. The molecular formula is C10H15BrN2. The summed E-state index contributed by atoms with van der Waals surface area (Å²) in [5.74, 6) is 0.986. The Bertz CT molecular complexity index is 284. The van der Waals surface area contributed by atoms with Gasteiger partial charge in [0.2, 0.25) is 0 Å².